The van der Waals surface area contributed by atoms with Crippen molar-refractivity contribution in [1.82, 2.24) is 10.6 Å². The lowest BCUT2D eigenvalue weighted by Crippen LogP contribution is -2.39. The van der Waals surface area contributed by atoms with Crippen molar-refractivity contribution in [2.45, 2.75) is 19.4 Å². The zero-order valence-electron chi connectivity index (χ0n) is 9.50. The maximum absolute atomic E-state index is 11.5. The van der Waals surface area contributed by atoms with Crippen LogP contribution in [0.2, 0.25) is 10.0 Å². The second kappa shape index (κ2) is 5.87. The Morgan fingerprint density at radius 2 is 2.11 bits per heavy atom. The lowest BCUT2D eigenvalue weighted by atomic mass is 10.2. The van der Waals surface area contributed by atoms with Crippen molar-refractivity contribution in [3.05, 3.63) is 33.8 Å². The normalized spacial score (nSPS) is 14.1. The summed E-state index contributed by atoms with van der Waals surface area (Å²) in [5.41, 5.74) is 0.879. The molecule has 0 spiro atoms. The van der Waals surface area contributed by atoms with Crippen LogP contribution in [0.3, 0.4) is 0 Å². The Hall–Kier alpha value is -0.840. The van der Waals surface area contributed by atoms with Crippen molar-refractivity contribution in [3.8, 4) is 0 Å². The van der Waals surface area contributed by atoms with Gasteiger partial charge in [0.15, 0.2) is 5.11 Å². The fourth-order valence-corrected chi connectivity index (χ4v) is 2.09. The standard InChI is InChI=1S/C12H12Cl2N2OS/c13-9-4-3-8(10(14)5-9)6-15-12(18)16-11(17)7-1-2-7/h3-5,7H,1-2,6H2,(H2,15,16,17,18). The molecule has 3 nitrogen and oxygen atoms in total. The number of hydrogen-bond donors (Lipinski definition) is 2. The van der Waals surface area contributed by atoms with Gasteiger partial charge in [0.25, 0.3) is 0 Å². The van der Waals surface area contributed by atoms with Crippen molar-refractivity contribution in [3.63, 3.8) is 0 Å². The summed E-state index contributed by atoms with van der Waals surface area (Å²) < 4.78 is 0. The summed E-state index contributed by atoms with van der Waals surface area (Å²) in [5, 5.41) is 7.10. The lowest BCUT2D eigenvalue weighted by molar-refractivity contribution is -0.120. The van der Waals surface area contributed by atoms with Gasteiger partial charge in [-0.3, -0.25) is 4.79 Å². The smallest absolute Gasteiger partial charge is 0.229 e. The number of carbonyl (C=O) groups is 1. The highest BCUT2D eigenvalue weighted by atomic mass is 35.5. The molecule has 6 heteroatoms. The molecule has 1 fully saturated rings. The minimum Gasteiger partial charge on any atom is -0.358 e. The monoisotopic (exact) mass is 302 g/mol. The zero-order valence-corrected chi connectivity index (χ0v) is 11.8. The predicted octanol–water partition coefficient (Wildman–Crippen LogP) is 2.89. The molecule has 2 rings (SSSR count). The highest BCUT2D eigenvalue weighted by molar-refractivity contribution is 7.80. The molecule has 1 aliphatic rings. The van der Waals surface area contributed by atoms with Gasteiger partial charge >= 0.3 is 0 Å². The van der Waals surface area contributed by atoms with Crippen LogP contribution >= 0.6 is 35.4 Å². The number of carbonyl (C=O) groups excluding carboxylic acids is 1. The number of nitrogens with one attached hydrogen (secondary N) is 2. The summed E-state index contributed by atoms with van der Waals surface area (Å²) in [6.45, 7) is 0.458. The second-order valence-corrected chi connectivity index (χ2v) is 5.43. The van der Waals surface area contributed by atoms with Crippen LogP contribution < -0.4 is 10.6 Å². The molecule has 1 aliphatic carbocycles. The van der Waals surface area contributed by atoms with Crippen molar-refractivity contribution in [1.29, 1.82) is 0 Å². The summed E-state index contributed by atoms with van der Waals surface area (Å²) in [6.07, 6.45) is 1.91. The quantitative estimate of drug-likeness (QED) is 0.844. The van der Waals surface area contributed by atoms with E-state index in [1.807, 2.05) is 6.07 Å². The Bertz CT molecular complexity index is 489. The molecule has 0 aliphatic heterocycles. The molecule has 0 saturated heterocycles. The molecule has 1 amide bonds. The lowest BCUT2D eigenvalue weighted by Gasteiger charge is -2.10. The van der Waals surface area contributed by atoms with E-state index >= 15 is 0 Å². The zero-order chi connectivity index (χ0) is 13.1. The van der Waals surface area contributed by atoms with E-state index in [1.165, 1.54) is 0 Å². The van der Waals surface area contributed by atoms with Gasteiger partial charge in [-0.1, -0.05) is 29.3 Å². The van der Waals surface area contributed by atoms with Crippen LogP contribution in [0.1, 0.15) is 18.4 Å². The number of benzene rings is 1. The van der Waals surface area contributed by atoms with Crippen molar-refractivity contribution in [2.75, 3.05) is 0 Å². The first-order valence-corrected chi connectivity index (χ1v) is 6.75. The molecular weight excluding hydrogens is 291 g/mol. The average Bonchev–Trinajstić information content (AvgIpc) is 3.11. The molecule has 2 N–H and O–H groups in total. The van der Waals surface area contributed by atoms with Crippen LogP contribution in [-0.2, 0) is 11.3 Å². The van der Waals surface area contributed by atoms with Crippen LogP contribution in [-0.4, -0.2) is 11.0 Å². The predicted molar refractivity (Wildman–Crippen MR) is 76.8 cm³/mol. The molecule has 1 aromatic rings. The largest absolute Gasteiger partial charge is 0.358 e. The Labute approximate surface area is 121 Å². The van der Waals surface area contributed by atoms with Crippen LogP contribution in [0.25, 0.3) is 0 Å². The Morgan fingerprint density at radius 1 is 1.39 bits per heavy atom. The first-order chi connectivity index (χ1) is 8.56. The minimum absolute atomic E-state index is 0.00490. The van der Waals surface area contributed by atoms with Crippen molar-refractivity contribution >= 4 is 46.4 Å². The van der Waals surface area contributed by atoms with E-state index in [9.17, 15) is 4.79 Å². The molecule has 0 unspecified atom stereocenters. The second-order valence-electron chi connectivity index (χ2n) is 4.18. The van der Waals surface area contributed by atoms with Gasteiger partial charge in [-0.2, -0.15) is 0 Å². The third-order valence-corrected chi connectivity index (χ3v) is 3.47. The van der Waals surface area contributed by atoms with Gasteiger partial charge in [-0.05, 0) is 42.8 Å². The van der Waals surface area contributed by atoms with Crippen LogP contribution in [0.4, 0.5) is 0 Å². The van der Waals surface area contributed by atoms with Crippen LogP contribution in [0.15, 0.2) is 18.2 Å². The van der Waals surface area contributed by atoms with Crippen molar-refractivity contribution < 1.29 is 4.79 Å². The number of amides is 1. The molecule has 0 heterocycles. The van der Waals surface area contributed by atoms with E-state index in [0.717, 1.165) is 18.4 Å². The molecule has 0 atom stereocenters. The number of thiocarbonyl (C=S) groups is 1. The van der Waals surface area contributed by atoms with Gasteiger partial charge in [0.05, 0.1) is 0 Å². The molecule has 0 aromatic heterocycles. The third kappa shape index (κ3) is 3.83. The molecule has 96 valence electrons. The van der Waals surface area contributed by atoms with Gasteiger partial charge in [-0.25, -0.2) is 0 Å². The average molecular weight is 303 g/mol. The van der Waals surface area contributed by atoms with E-state index < -0.39 is 0 Å². The summed E-state index contributed by atoms with van der Waals surface area (Å²) in [6, 6.07) is 5.26. The number of halogens is 2. The van der Waals surface area contributed by atoms with E-state index in [-0.39, 0.29) is 11.8 Å². The summed E-state index contributed by atoms with van der Waals surface area (Å²) in [7, 11) is 0. The van der Waals surface area contributed by atoms with Gasteiger partial charge in [0, 0.05) is 22.5 Å². The van der Waals surface area contributed by atoms with Gasteiger partial charge in [0.1, 0.15) is 0 Å². The van der Waals surface area contributed by atoms with Crippen molar-refractivity contribution in [2.24, 2.45) is 5.92 Å². The Morgan fingerprint density at radius 3 is 2.72 bits per heavy atom. The maximum Gasteiger partial charge on any atom is 0.229 e. The topological polar surface area (TPSA) is 41.1 Å². The van der Waals surface area contributed by atoms with E-state index in [0.29, 0.717) is 21.7 Å². The van der Waals surface area contributed by atoms with E-state index in [1.54, 1.807) is 12.1 Å². The molecule has 0 bridgehead atoms. The summed E-state index contributed by atoms with van der Waals surface area (Å²) >= 11 is 16.9. The first kappa shape index (κ1) is 13.6. The molecule has 18 heavy (non-hydrogen) atoms. The number of hydrogen-bond acceptors (Lipinski definition) is 2. The van der Waals surface area contributed by atoms with Gasteiger partial charge in [-0.15, -0.1) is 0 Å². The summed E-state index contributed by atoms with van der Waals surface area (Å²) in [5.74, 6) is 0.138. The first-order valence-electron chi connectivity index (χ1n) is 5.59. The molecule has 1 aromatic carbocycles. The number of rotatable bonds is 3. The maximum atomic E-state index is 11.5. The molecule has 0 radical (unpaired) electrons. The fraction of sp³-hybridized carbons (Fsp3) is 0.333. The van der Waals surface area contributed by atoms with Gasteiger partial charge in [0.2, 0.25) is 5.91 Å². The molecular formula is C12H12Cl2N2OS. The summed E-state index contributed by atoms with van der Waals surface area (Å²) in [4.78, 5) is 11.5. The Kier molecular flexibility index (Phi) is 4.43. The van der Waals surface area contributed by atoms with E-state index in [4.69, 9.17) is 35.4 Å². The van der Waals surface area contributed by atoms with Crippen LogP contribution in [0, 0.1) is 5.92 Å². The molecule has 1 saturated carbocycles. The Balaban J connectivity index is 1.83. The minimum atomic E-state index is -0.00490. The van der Waals surface area contributed by atoms with E-state index in [2.05, 4.69) is 10.6 Å². The third-order valence-electron chi connectivity index (χ3n) is 2.64. The SMILES string of the molecule is O=C(NC(=S)NCc1ccc(Cl)cc1Cl)C1CC1. The fourth-order valence-electron chi connectivity index (χ4n) is 1.44. The van der Waals surface area contributed by atoms with Crippen LogP contribution in [0.5, 0.6) is 0 Å². The van der Waals surface area contributed by atoms with Gasteiger partial charge < -0.3 is 10.6 Å². The highest BCUT2D eigenvalue weighted by Crippen LogP contribution is 2.28. The highest BCUT2D eigenvalue weighted by Gasteiger charge is 2.29.